The van der Waals surface area contributed by atoms with Crippen LogP contribution in [0.3, 0.4) is 0 Å². The van der Waals surface area contributed by atoms with E-state index in [0.717, 1.165) is 0 Å². The molecule has 1 aromatic carbocycles. The van der Waals surface area contributed by atoms with E-state index in [9.17, 15) is 13.2 Å². The van der Waals surface area contributed by atoms with Crippen molar-refractivity contribution in [1.29, 1.82) is 0 Å². The first-order chi connectivity index (χ1) is 8.80. The first kappa shape index (κ1) is 15.6. The van der Waals surface area contributed by atoms with Gasteiger partial charge in [-0.3, -0.25) is 0 Å². The third kappa shape index (κ3) is 5.82. The van der Waals surface area contributed by atoms with Crippen LogP contribution in [0.1, 0.15) is 29.8 Å². The van der Waals surface area contributed by atoms with Crippen molar-refractivity contribution in [3.8, 4) is 0 Å². The van der Waals surface area contributed by atoms with Gasteiger partial charge in [0.15, 0.2) is 0 Å². The second-order valence-corrected chi connectivity index (χ2v) is 6.15. The van der Waals surface area contributed by atoms with E-state index in [2.05, 4.69) is 9.44 Å². The Morgan fingerprint density at radius 2 is 1.79 bits per heavy atom. The van der Waals surface area contributed by atoms with Crippen LogP contribution in [0.15, 0.2) is 24.3 Å². The van der Waals surface area contributed by atoms with Crippen molar-refractivity contribution in [2.45, 2.75) is 20.4 Å². The molecule has 0 aliphatic heterocycles. The number of carbonyl (C=O) groups is 1. The molecular weight excluding hydrogens is 268 g/mol. The van der Waals surface area contributed by atoms with Gasteiger partial charge < -0.3 is 5.11 Å². The largest absolute Gasteiger partial charge is 0.478 e. The van der Waals surface area contributed by atoms with Crippen molar-refractivity contribution in [3.05, 3.63) is 35.4 Å². The molecule has 3 N–H and O–H groups in total. The fourth-order valence-electron chi connectivity index (χ4n) is 1.27. The summed E-state index contributed by atoms with van der Waals surface area (Å²) in [6.07, 6.45) is 0. The highest BCUT2D eigenvalue weighted by atomic mass is 32.2. The summed E-state index contributed by atoms with van der Waals surface area (Å²) in [5, 5.41) is 8.74. The van der Waals surface area contributed by atoms with Gasteiger partial charge in [-0.25, -0.2) is 9.52 Å². The normalized spacial score (nSPS) is 11.7. The summed E-state index contributed by atoms with van der Waals surface area (Å²) >= 11 is 0. The fourth-order valence-corrected chi connectivity index (χ4v) is 2.28. The average molecular weight is 286 g/mol. The highest BCUT2D eigenvalue weighted by Gasteiger charge is 2.09. The van der Waals surface area contributed by atoms with E-state index in [0.29, 0.717) is 12.1 Å². The van der Waals surface area contributed by atoms with Gasteiger partial charge in [-0.15, -0.1) is 0 Å². The highest BCUT2D eigenvalue weighted by molar-refractivity contribution is 7.87. The van der Waals surface area contributed by atoms with E-state index in [1.54, 1.807) is 12.1 Å². The number of hydrogen-bond acceptors (Lipinski definition) is 3. The van der Waals surface area contributed by atoms with E-state index in [-0.39, 0.29) is 18.0 Å². The predicted molar refractivity (Wildman–Crippen MR) is 72.0 cm³/mol. The Labute approximate surface area is 113 Å². The second kappa shape index (κ2) is 6.65. The minimum atomic E-state index is -3.52. The van der Waals surface area contributed by atoms with E-state index < -0.39 is 16.2 Å². The first-order valence-corrected chi connectivity index (χ1v) is 7.35. The molecule has 0 radical (unpaired) electrons. The van der Waals surface area contributed by atoms with Gasteiger partial charge in [0, 0.05) is 13.1 Å². The lowest BCUT2D eigenvalue weighted by molar-refractivity contribution is 0.0697. The molecule has 0 aromatic heterocycles. The standard InChI is InChI=1S/C12H18N2O4S/c1-9(2)7-13-19(17,18)14-8-10-3-5-11(6-4-10)12(15)16/h3-6,9,13-14H,7-8H2,1-2H3,(H,15,16). The van der Waals surface area contributed by atoms with Crippen LogP contribution in [0.5, 0.6) is 0 Å². The molecule has 6 nitrogen and oxygen atoms in total. The van der Waals surface area contributed by atoms with Gasteiger partial charge in [-0.1, -0.05) is 26.0 Å². The molecule has 0 saturated heterocycles. The van der Waals surface area contributed by atoms with Crippen LogP contribution in [-0.4, -0.2) is 26.0 Å². The van der Waals surface area contributed by atoms with Crippen molar-refractivity contribution >= 4 is 16.2 Å². The summed E-state index contributed by atoms with van der Waals surface area (Å²) < 4.78 is 28.0. The van der Waals surface area contributed by atoms with Crippen LogP contribution in [-0.2, 0) is 16.8 Å². The summed E-state index contributed by atoms with van der Waals surface area (Å²) in [7, 11) is -3.52. The molecule has 0 amide bonds. The van der Waals surface area contributed by atoms with Crippen LogP contribution in [0.2, 0.25) is 0 Å². The molecule has 106 valence electrons. The van der Waals surface area contributed by atoms with Crippen molar-refractivity contribution in [3.63, 3.8) is 0 Å². The number of hydrogen-bond donors (Lipinski definition) is 3. The molecule has 19 heavy (non-hydrogen) atoms. The van der Waals surface area contributed by atoms with Crippen LogP contribution in [0.25, 0.3) is 0 Å². The van der Waals surface area contributed by atoms with E-state index in [4.69, 9.17) is 5.11 Å². The molecule has 0 aliphatic carbocycles. The summed E-state index contributed by atoms with van der Waals surface area (Å²) in [5.74, 6) is -0.780. The molecule has 1 aromatic rings. The smallest absolute Gasteiger partial charge is 0.335 e. The first-order valence-electron chi connectivity index (χ1n) is 5.86. The van der Waals surface area contributed by atoms with Gasteiger partial charge in [0.2, 0.25) is 0 Å². The summed E-state index contributed by atoms with van der Waals surface area (Å²) in [4.78, 5) is 10.7. The Morgan fingerprint density at radius 3 is 2.26 bits per heavy atom. The molecule has 0 spiro atoms. The lowest BCUT2D eigenvalue weighted by Gasteiger charge is -2.10. The number of carboxylic acids is 1. The van der Waals surface area contributed by atoms with Crippen LogP contribution in [0.4, 0.5) is 0 Å². The Balaban J connectivity index is 2.54. The maximum Gasteiger partial charge on any atom is 0.335 e. The molecule has 0 fully saturated rings. The minimum Gasteiger partial charge on any atom is -0.478 e. The zero-order chi connectivity index (χ0) is 14.5. The van der Waals surface area contributed by atoms with Crippen LogP contribution in [0, 0.1) is 5.92 Å². The third-order valence-electron chi connectivity index (χ3n) is 2.35. The number of benzene rings is 1. The highest BCUT2D eigenvalue weighted by Crippen LogP contribution is 2.04. The second-order valence-electron chi connectivity index (χ2n) is 4.57. The van der Waals surface area contributed by atoms with Gasteiger partial charge in [0.05, 0.1) is 5.56 Å². The summed E-state index contributed by atoms with van der Waals surface area (Å²) in [5.41, 5.74) is 0.865. The van der Waals surface area contributed by atoms with Gasteiger partial charge >= 0.3 is 5.97 Å². The molecule has 0 heterocycles. The van der Waals surface area contributed by atoms with Crippen molar-refractivity contribution in [2.24, 2.45) is 5.92 Å². The Bertz CT molecular complexity index is 523. The van der Waals surface area contributed by atoms with Gasteiger partial charge in [-0.2, -0.15) is 13.1 Å². The topological polar surface area (TPSA) is 95.5 Å². The van der Waals surface area contributed by atoms with E-state index >= 15 is 0 Å². The van der Waals surface area contributed by atoms with Gasteiger partial charge in [0.1, 0.15) is 0 Å². The lowest BCUT2D eigenvalue weighted by atomic mass is 10.1. The maximum absolute atomic E-state index is 11.6. The van der Waals surface area contributed by atoms with Gasteiger partial charge in [0.25, 0.3) is 10.2 Å². The molecule has 0 atom stereocenters. The maximum atomic E-state index is 11.6. The Morgan fingerprint density at radius 1 is 1.21 bits per heavy atom. The van der Waals surface area contributed by atoms with Crippen molar-refractivity contribution in [1.82, 2.24) is 9.44 Å². The number of nitrogens with one attached hydrogen (secondary N) is 2. The average Bonchev–Trinajstić information content (AvgIpc) is 2.35. The van der Waals surface area contributed by atoms with Crippen molar-refractivity contribution in [2.75, 3.05) is 6.54 Å². The monoisotopic (exact) mass is 286 g/mol. The molecule has 7 heteroatoms. The van der Waals surface area contributed by atoms with Crippen LogP contribution < -0.4 is 9.44 Å². The Hall–Kier alpha value is -1.44. The zero-order valence-corrected chi connectivity index (χ0v) is 11.7. The summed E-state index contributed by atoms with van der Waals surface area (Å²) in [6.45, 7) is 4.31. The number of carboxylic acid groups (broad SMARTS) is 1. The van der Waals surface area contributed by atoms with E-state index in [1.807, 2.05) is 13.8 Å². The molecule has 0 aliphatic rings. The third-order valence-corrected chi connectivity index (χ3v) is 3.42. The Kier molecular flexibility index (Phi) is 5.46. The minimum absolute atomic E-state index is 0.118. The molecule has 0 saturated carbocycles. The number of rotatable bonds is 7. The predicted octanol–water partition coefficient (Wildman–Crippen LogP) is 0.965. The fraction of sp³-hybridized carbons (Fsp3) is 0.417. The quantitative estimate of drug-likeness (QED) is 0.696. The molecule has 1 rings (SSSR count). The molecular formula is C12H18N2O4S. The number of aromatic carboxylic acids is 1. The van der Waals surface area contributed by atoms with E-state index in [1.165, 1.54) is 12.1 Å². The molecule has 0 bridgehead atoms. The zero-order valence-electron chi connectivity index (χ0n) is 10.9. The van der Waals surface area contributed by atoms with Crippen LogP contribution >= 0.6 is 0 Å². The van der Waals surface area contributed by atoms with Gasteiger partial charge in [-0.05, 0) is 23.6 Å². The lowest BCUT2D eigenvalue weighted by Crippen LogP contribution is -2.37. The SMILES string of the molecule is CC(C)CNS(=O)(=O)NCc1ccc(C(=O)O)cc1. The van der Waals surface area contributed by atoms with Crippen molar-refractivity contribution < 1.29 is 18.3 Å². The summed E-state index contributed by atoms with van der Waals surface area (Å²) in [6, 6.07) is 6.03. The molecule has 0 unspecified atom stereocenters.